The first-order valence-corrected chi connectivity index (χ1v) is 17.3. The summed E-state index contributed by atoms with van der Waals surface area (Å²) in [6, 6.07) is 40.5. The number of pyridine rings is 2. The molecular formula is C44H41GeIrN2O-2. The van der Waals surface area contributed by atoms with Crippen LogP contribution in [0.15, 0.2) is 120 Å². The van der Waals surface area contributed by atoms with E-state index in [1.807, 2.05) is 117 Å². The molecule has 49 heavy (non-hydrogen) atoms. The van der Waals surface area contributed by atoms with Crippen molar-refractivity contribution in [3.05, 3.63) is 139 Å². The molecule has 4 aromatic carbocycles. The maximum atomic E-state index is 8.78. The van der Waals surface area contributed by atoms with E-state index in [4.69, 9.17) is 8.53 Å². The van der Waals surface area contributed by atoms with Crippen LogP contribution in [0.1, 0.15) is 62.7 Å². The number of rotatable bonds is 6. The fourth-order valence-corrected chi connectivity index (χ4v) is 5.97. The average Bonchev–Trinajstić information content (AvgIpc) is 3.50. The summed E-state index contributed by atoms with van der Waals surface area (Å²) in [6.07, 6.45) is 2.11. The molecule has 7 rings (SSSR count). The maximum Gasteiger partial charge on any atom is 0 e. The van der Waals surface area contributed by atoms with Crippen LogP contribution in [0.3, 0.4) is 0 Å². The molecule has 3 nitrogen and oxygen atoms in total. The Balaban J connectivity index is 0.000000217. The molecule has 0 saturated heterocycles. The molecule has 1 unspecified atom stereocenters. The summed E-state index contributed by atoms with van der Waals surface area (Å²) in [5.74, 6) is -0.505. The maximum absolute atomic E-state index is 8.78. The van der Waals surface area contributed by atoms with Gasteiger partial charge in [0.2, 0.25) is 0 Å². The van der Waals surface area contributed by atoms with Crippen molar-refractivity contribution in [3.8, 4) is 33.6 Å². The predicted molar refractivity (Wildman–Crippen MR) is 202 cm³/mol. The second kappa shape index (κ2) is 15.8. The molecule has 0 spiro atoms. The van der Waals surface area contributed by atoms with Gasteiger partial charge in [-0.25, -0.2) is 0 Å². The van der Waals surface area contributed by atoms with E-state index >= 15 is 0 Å². The molecule has 0 N–H and O–H groups in total. The second-order valence-electron chi connectivity index (χ2n) is 13.3. The first kappa shape index (κ1) is 32.4. The van der Waals surface area contributed by atoms with Crippen LogP contribution >= 0.6 is 0 Å². The molecular weight excluding hydrogens is 837 g/mol. The van der Waals surface area contributed by atoms with Crippen molar-refractivity contribution in [1.82, 2.24) is 9.97 Å². The summed E-state index contributed by atoms with van der Waals surface area (Å²) < 4.78 is 32.9. The minimum atomic E-state index is -1.41. The van der Waals surface area contributed by atoms with Crippen molar-refractivity contribution in [2.24, 2.45) is 11.3 Å². The molecule has 0 aliphatic rings. The second-order valence-corrected chi connectivity index (χ2v) is 14.4. The smallest absolute Gasteiger partial charge is 0 e. The minimum absolute atomic E-state index is 0. The molecule has 7 aromatic rings. The standard InChI is InChI=1S/C28H24NO.C16H17GeN.Ir/c1-18(2)19(3)21-14-15-29-26(16-21)25-11-7-10-24-23-13-12-22(17-27(23)30-28(24)25)20-8-5-4-6-9-20;1-16(2,3)10-13-9-15(18-11-14(13)17)12-7-5-4-6-8-12;/h4-10,12-19H,1-3H3;4-7,9,11H,10H2,1-3H3;/q2*-1;/i19D;10D2;. The third-order valence-corrected chi connectivity index (χ3v) is 9.11. The van der Waals surface area contributed by atoms with Crippen LogP contribution in [0.4, 0.5) is 0 Å². The molecule has 1 atom stereocenters. The van der Waals surface area contributed by atoms with Crippen LogP contribution < -0.4 is 4.40 Å². The van der Waals surface area contributed by atoms with Crippen LogP contribution in [-0.4, -0.2) is 26.5 Å². The number of benzene rings is 4. The van der Waals surface area contributed by atoms with E-state index in [0.717, 1.165) is 65.5 Å². The van der Waals surface area contributed by atoms with E-state index in [0.29, 0.717) is 5.56 Å². The average molecular weight is 882 g/mol. The molecule has 0 aliphatic heterocycles. The van der Waals surface area contributed by atoms with E-state index in [1.165, 1.54) is 0 Å². The monoisotopic (exact) mass is 883 g/mol. The Kier molecular flexibility index (Phi) is 10.4. The molecule has 0 amide bonds. The molecule has 0 bridgehead atoms. The first-order valence-electron chi connectivity index (χ1n) is 17.8. The van der Waals surface area contributed by atoms with Crippen molar-refractivity contribution in [1.29, 1.82) is 0 Å². The first-order chi connectivity index (χ1) is 24.2. The zero-order valence-corrected chi connectivity index (χ0v) is 33.2. The van der Waals surface area contributed by atoms with Crippen LogP contribution in [0.5, 0.6) is 0 Å². The van der Waals surface area contributed by atoms with Gasteiger partial charge in [-0.3, -0.25) is 0 Å². The summed E-state index contributed by atoms with van der Waals surface area (Å²) in [4.78, 5) is 9.00. The summed E-state index contributed by atoms with van der Waals surface area (Å²) in [5.41, 5.74) is 8.35. The van der Waals surface area contributed by atoms with Crippen molar-refractivity contribution in [2.75, 3.05) is 0 Å². The van der Waals surface area contributed by atoms with Crippen molar-refractivity contribution in [3.63, 3.8) is 0 Å². The van der Waals surface area contributed by atoms with Gasteiger partial charge in [-0.15, -0.1) is 18.2 Å². The molecule has 0 aliphatic carbocycles. The third kappa shape index (κ3) is 8.67. The normalized spacial score (nSPS) is 13.8. The van der Waals surface area contributed by atoms with Crippen LogP contribution in [-0.2, 0) is 26.5 Å². The van der Waals surface area contributed by atoms with E-state index in [-0.39, 0.29) is 26.0 Å². The Morgan fingerprint density at radius 3 is 2.31 bits per heavy atom. The fourth-order valence-electron chi connectivity index (χ4n) is 5.55. The zero-order chi connectivity index (χ0) is 36.6. The van der Waals surface area contributed by atoms with Crippen molar-refractivity contribution in [2.45, 2.75) is 53.8 Å². The predicted octanol–water partition coefficient (Wildman–Crippen LogP) is 10.8. The Morgan fingerprint density at radius 2 is 1.59 bits per heavy atom. The van der Waals surface area contributed by atoms with Gasteiger partial charge in [0.05, 0.1) is 5.58 Å². The number of hydrogen-bond acceptors (Lipinski definition) is 3. The van der Waals surface area contributed by atoms with Gasteiger partial charge in [0.25, 0.3) is 0 Å². The van der Waals surface area contributed by atoms with Gasteiger partial charge >= 0.3 is 121 Å². The minimum Gasteiger partial charge on any atom is 0 e. The number of aromatic nitrogens is 2. The Bertz CT molecular complexity index is 2300. The van der Waals surface area contributed by atoms with Crippen molar-refractivity contribution < 1.29 is 28.6 Å². The molecule has 248 valence electrons. The van der Waals surface area contributed by atoms with Gasteiger partial charge in [0.15, 0.2) is 0 Å². The Hall–Kier alpha value is -3.83. The van der Waals surface area contributed by atoms with E-state index in [1.54, 1.807) is 12.4 Å². The zero-order valence-electron chi connectivity index (χ0n) is 31.7. The van der Waals surface area contributed by atoms with Gasteiger partial charge in [0.1, 0.15) is 5.58 Å². The molecule has 3 heterocycles. The summed E-state index contributed by atoms with van der Waals surface area (Å²) in [5, 5.41) is 2.13. The molecule has 0 fully saturated rings. The third-order valence-electron chi connectivity index (χ3n) is 8.28. The fraction of sp³-hybridized carbons (Fsp3) is 0.227. The van der Waals surface area contributed by atoms with Gasteiger partial charge < -0.3 is 9.40 Å². The summed E-state index contributed by atoms with van der Waals surface area (Å²) in [7, 11) is 0. The van der Waals surface area contributed by atoms with Gasteiger partial charge in [-0.1, -0.05) is 85.8 Å². The molecule has 5 heteroatoms. The SMILES string of the molecule is [2H]C(C)(c1ccnc(-c2[c-]ccc3c2oc2cc(-c4ccccc4)ccc23)c1)C(C)C.[2H]C([2H])(c1cc(-c2[c-]cccc2)nc[c]1[Ge])C(C)(C)C.[Ir]. The van der Waals surface area contributed by atoms with Gasteiger partial charge in [0, 0.05) is 33.1 Å². The number of fused-ring (bicyclic) bond motifs is 3. The Morgan fingerprint density at radius 1 is 0.816 bits per heavy atom. The number of nitrogens with zero attached hydrogens (tertiary/aromatic N) is 2. The van der Waals surface area contributed by atoms with E-state index < -0.39 is 17.7 Å². The van der Waals surface area contributed by atoms with Crippen LogP contribution in [0, 0.1) is 23.5 Å². The largest absolute Gasteiger partial charge is 0 e. The van der Waals surface area contributed by atoms with E-state index in [2.05, 4.69) is 66.3 Å². The van der Waals surface area contributed by atoms with Crippen LogP contribution in [0.25, 0.3) is 55.6 Å². The number of hydrogen-bond donors (Lipinski definition) is 0. The van der Waals surface area contributed by atoms with Gasteiger partial charge in [-0.2, -0.15) is 0 Å². The molecule has 0 saturated carbocycles. The quantitative estimate of drug-likeness (QED) is 0.123. The summed E-state index contributed by atoms with van der Waals surface area (Å²) in [6.45, 7) is 11.9. The Labute approximate surface area is 317 Å². The molecule has 3 aromatic heterocycles. The molecule has 4 radical (unpaired) electrons. The van der Waals surface area contributed by atoms with Crippen molar-refractivity contribution >= 4 is 42.8 Å². The topological polar surface area (TPSA) is 38.9 Å². The summed E-state index contributed by atoms with van der Waals surface area (Å²) >= 11 is 1.91. The van der Waals surface area contributed by atoms with E-state index in [9.17, 15) is 0 Å². The van der Waals surface area contributed by atoms with Gasteiger partial charge in [-0.05, 0) is 40.8 Å². The van der Waals surface area contributed by atoms with Crippen LogP contribution in [0.2, 0.25) is 0 Å². The number of furan rings is 1.